The van der Waals surface area contributed by atoms with Crippen LogP contribution in [0.5, 0.6) is 0 Å². The highest BCUT2D eigenvalue weighted by molar-refractivity contribution is 7.86. The van der Waals surface area contributed by atoms with Crippen LogP contribution in [0.25, 0.3) is 0 Å². The van der Waals surface area contributed by atoms with Crippen molar-refractivity contribution in [3.05, 3.63) is 23.5 Å². The summed E-state index contributed by atoms with van der Waals surface area (Å²) in [6.45, 7) is 3.58. The molecule has 4 rings (SSSR count). The molecular formula is C22H35N5O4S. The molecule has 10 heteroatoms. The van der Waals surface area contributed by atoms with Gasteiger partial charge in [-0.2, -0.15) is 17.0 Å². The number of piperazine rings is 1. The minimum absolute atomic E-state index is 0.0533. The number of H-pyrrole nitrogens is 1. The number of carbonyl (C=O) groups is 2. The molecule has 3 heterocycles. The van der Waals surface area contributed by atoms with Crippen LogP contribution >= 0.6 is 0 Å². The summed E-state index contributed by atoms with van der Waals surface area (Å²) in [5, 5.41) is 0. The Morgan fingerprint density at radius 3 is 2.31 bits per heavy atom. The van der Waals surface area contributed by atoms with Crippen LogP contribution in [0, 0.1) is 0 Å². The molecule has 3 fully saturated rings. The van der Waals surface area contributed by atoms with Crippen LogP contribution in [0.4, 0.5) is 0 Å². The zero-order valence-corrected chi connectivity index (χ0v) is 19.8. The summed E-state index contributed by atoms with van der Waals surface area (Å²) >= 11 is 0. The minimum atomic E-state index is -3.47. The number of hydrogen-bond donors (Lipinski definition) is 1. The van der Waals surface area contributed by atoms with E-state index < -0.39 is 10.2 Å². The summed E-state index contributed by atoms with van der Waals surface area (Å²) in [5.74, 6) is -0.111. The average molecular weight is 466 g/mol. The van der Waals surface area contributed by atoms with Gasteiger partial charge >= 0.3 is 0 Å². The molecule has 1 aliphatic carbocycles. The van der Waals surface area contributed by atoms with E-state index in [4.69, 9.17) is 0 Å². The first kappa shape index (κ1) is 23.4. The topological polar surface area (TPSA) is 97.0 Å². The summed E-state index contributed by atoms with van der Waals surface area (Å²) in [6.07, 6.45) is 8.88. The zero-order valence-electron chi connectivity index (χ0n) is 19.0. The number of hydrogen-bond acceptors (Lipinski definition) is 5. The molecule has 0 spiro atoms. The number of Topliss-reactive ketones (excluding diaryl/α,β-unsaturated/α-hetero) is 1. The van der Waals surface area contributed by atoms with Crippen molar-refractivity contribution in [1.82, 2.24) is 23.4 Å². The van der Waals surface area contributed by atoms with Crippen LogP contribution in [0.2, 0.25) is 0 Å². The van der Waals surface area contributed by atoms with Crippen molar-refractivity contribution in [2.45, 2.75) is 51.0 Å². The lowest BCUT2D eigenvalue weighted by atomic mass is 9.96. The van der Waals surface area contributed by atoms with Gasteiger partial charge in [0.25, 0.3) is 16.1 Å². The van der Waals surface area contributed by atoms with Crippen molar-refractivity contribution in [2.75, 3.05) is 52.9 Å². The predicted molar refractivity (Wildman–Crippen MR) is 122 cm³/mol. The Bertz CT molecular complexity index is 911. The molecule has 1 aromatic rings. The zero-order chi connectivity index (χ0) is 22.7. The predicted octanol–water partition coefficient (Wildman–Crippen LogP) is 1.56. The summed E-state index contributed by atoms with van der Waals surface area (Å²) < 4.78 is 29.2. The van der Waals surface area contributed by atoms with Gasteiger partial charge in [0.2, 0.25) is 0 Å². The number of aromatic nitrogens is 1. The fourth-order valence-electron chi connectivity index (χ4n) is 5.00. The number of rotatable bonds is 7. The number of ketones is 1. The van der Waals surface area contributed by atoms with Crippen molar-refractivity contribution in [3.63, 3.8) is 0 Å². The largest absolute Gasteiger partial charge is 0.356 e. The number of likely N-dealkylation sites (tertiary alicyclic amines) is 1. The van der Waals surface area contributed by atoms with Gasteiger partial charge in [0.1, 0.15) is 5.69 Å². The SMILES string of the molecule is CN(C1CCCCC1)S(=O)(=O)N1CCN(CC(=O)c2c[nH]c(C(=O)N3CCCC3)c2)CC1. The number of amides is 1. The summed E-state index contributed by atoms with van der Waals surface area (Å²) in [7, 11) is -1.77. The third-order valence-corrected chi connectivity index (χ3v) is 9.15. The number of aromatic amines is 1. The smallest absolute Gasteiger partial charge is 0.282 e. The highest BCUT2D eigenvalue weighted by atomic mass is 32.2. The Balaban J connectivity index is 1.28. The van der Waals surface area contributed by atoms with Gasteiger partial charge in [-0.05, 0) is 31.7 Å². The lowest BCUT2D eigenvalue weighted by Gasteiger charge is -2.38. The number of carbonyl (C=O) groups excluding carboxylic acids is 2. The maximum atomic E-state index is 13.0. The fraction of sp³-hybridized carbons (Fsp3) is 0.727. The lowest BCUT2D eigenvalue weighted by Crippen LogP contribution is -2.54. The second kappa shape index (κ2) is 10.0. The molecule has 2 saturated heterocycles. The van der Waals surface area contributed by atoms with Crippen molar-refractivity contribution in [2.24, 2.45) is 0 Å². The Hall–Kier alpha value is -1.75. The molecule has 1 amide bonds. The monoisotopic (exact) mass is 465 g/mol. The molecule has 1 aromatic heterocycles. The number of nitrogens with zero attached hydrogens (tertiary/aromatic N) is 4. The van der Waals surface area contributed by atoms with E-state index >= 15 is 0 Å². The first-order chi connectivity index (χ1) is 15.4. The quantitative estimate of drug-likeness (QED) is 0.617. The van der Waals surface area contributed by atoms with E-state index in [9.17, 15) is 18.0 Å². The van der Waals surface area contributed by atoms with Gasteiger partial charge in [-0.15, -0.1) is 0 Å². The van der Waals surface area contributed by atoms with Crippen LogP contribution in [0.15, 0.2) is 12.3 Å². The standard InChI is InChI=1S/C22H35N5O4S/c1-24(19-7-3-2-4-8-19)32(30,31)27-13-11-25(12-14-27)17-21(28)18-15-20(23-16-18)22(29)26-9-5-6-10-26/h15-16,19,23H,2-14,17H2,1H3. The van der Waals surface area contributed by atoms with Crippen LogP contribution in [-0.2, 0) is 10.2 Å². The first-order valence-electron chi connectivity index (χ1n) is 11.8. The molecule has 1 saturated carbocycles. The van der Waals surface area contributed by atoms with E-state index in [1.54, 1.807) is 27.9 Å². The minimum Gasteiger partial charge on any atom is -0.356 e. The highest BCUT2D eigenvalue weighted by Crippen LogP contribution is 2.25. The Labute approximate surface area is 190 Å². The third kappa shape index (κ3) is 5.08. The van der Waals surface area contributed by atoms with Crippen LogP contribution in [-0.4, -0.2) is 102 Å². The van der Waals surface area contributed by atoms with Crippen LogP contribution in [0.1, 0.15) is 65.8 Å². The normalized spacial score (nSPS) is 22.0. The lowest BCUT2D eigenvalue weighted by molar-refractivity contribution is 0.0787. The first-order valence-corrected chi connectivity index (χ1v) is 13.2. The van der Waals surface area contributed by atoms with Crippen LogP contribution in [0.3, 0.4) is 0 Å². The Morgan fingerprint density at radius 1 is 1.00 bits per heavy atom. The molecule has 0 atom stereocenters. The van der Waals surface area contributed by atoms with E-state index in [0.29, 0.717) is 37.4 Å². The number of nitrogens with one attached hydrogen (secondary N) is 1. The molecule has 9 nitrogen and oxygen atoms in total. The second-order valence-electron chi connectivity index (χ2n) is 9.22. The Kier molecular flexibility index (Phi) is 7.34. The van der Waals surface area contributed by atoms with E-state index in [1.165, 1.54) is 6.42 Å². The average Bonchev–Trinajstić information content (AvgIpc) is 3.52. The van der Waals surface area contributed by atoms with Gasteiger partial charge in [0.15, 0.2) is 5.78 Å². The third-order valence-electron chi connectivity index (χ3n) is 7.11. The van der Waals surface area contributed by atoms with Gasteiger partial charge in [-0.3, -0.25) is 14.5 Å². The van der Waals surface area contributed by atoms with Crippen LogP contribution < -0.4 is 0 Å². The van der Waals surface area contributed by atoms with E-state index in [2.05, 4.69) is 4.98 Å². The van der Waals surface area contributed by atoms with Crippen molar-refractivity contribution in [3.8, 4) is 0 Å². The highest BCUT2D eigenvalue weighted by Gasteiger charge is 2.35. The molecular weight excluding hydrogens is 430 g/mol. The second-order valence-corrected chi connectivity index (χ2v) is 11.2. The molecule has 3 aliphatic rings. The van der Waals surface area contributed by atoms with Gasteiger partial charge in [-0.1, -0.05) is 19.3 Å². The van der Waals surface area contributed by atoms with Gasteiger partial charge in [0, 0.05) is 64.1 Å². The van der Waals surface area contributed by atoms with Crippen molar-refractivity contribution >= 4 is 21.9 Å². The molecule has 0 radical (unpaired) electrons. The van der Waals surface area contributed by atoms with Gasteiger partial charge < -0.3 is 9.88 Å². The fourth-order valence-corrected chi connectivity index (χ4v) is 6.57. The maximum absolute atomic E-state index is 13.0. The molecule has 32 heavy (non-hydrogen) atoms. The van der Waals surface area contributed by atoms with Gasteiger partial charge in [0.05, 0.1) is 6.54 Å². The maximum Gasteiger partial charge on any atom is 0.282 e. The molecule has 178 valence electrons. The van der Waals surface area contributed by atoms with Crippen molar-refractivity contribution in [1.29, 1.82) is 0 Å². The van der Waals surface area contributed by atoms with E-state index in [1.807, 2.05) is 9.80 Å². The van der Waals surface area contributed by atoms with Crippen molar-refractivity contribution < 1.29 is 18.0 Å². The Morgan fingerprint density at radius 2 is 1.66 bits per heavy atom. The molecule has 2 aliphatic heterocycles. The summed E-state index contributed by atoms with van der Waals surface area (Å²) in [5.41, 5.74) is 0.955. The van der Waals surface area contributed by atoms with Gasteiger partial charge in [-0.25, -0.2) is 0 Å². The molecule has 0 bridgehead atoms. The summed E-state index contributed by atoms with van der Waals surface area (Å²) in [6, 6.07) is 1.74. The molecule has 0 aromatic carbocycles. The van der Waals surface area contributed by atoms with E-state index in [0.717, 1.165) is 51.6 Å². The summed E-state index contributed by atoms with van der Waals surface area (Å²) in [4.78, 5) is 32.0. The molecule has 0 unspecified atom stereocenters. The van der Waals surface area contributed by atoms with E-state index in [-0.39, 0.29) is 24.3 Å². The molecule has 1 N–H and O–H groups in total.